The summed E-state index contributed by atoms with van der Waals surface area (Å²) in [7, 11) is 0. The predicted octanol–water partition coefficient (Wildman–Crippen LogP) is 4.86. The summed E-state index contributed by atoms with van der Waals surface area (Å²) in [6.07, 6.45) is -7.06. The van der Waals surface area contributed by atoms with E-state index in [0.29, 0.717) is 0 Å². The number of likely N-dealkylation sites (tertiary alicyclic amines) is 1. The van der Waals surface area contributed by atoms with Crippen LogP contribution in [-0.2, 0) is 4.79 Å². The van der Waals surface area contributed by atoms with Crippen molar-refractivity contribution in [3.05, 3.63) is 35.9 Å². The van der Waals surface area contributed by atoms with Gasteiger partial charge >= 0.3 is 35.9 Å². The summed E-state index contributed by atoms with van der Waals surface area (Å²) in [5, 5.41) is 1.12. The second-order valence-electron chi connectivity index (χ2n) is 6.29. The second kappa shape index (κ2) is 6.65. The SMILES string of the molecule is C[C@H](NC(=O)[C@](F)(N1C(F)(F)C(F)(F)C(F)(F)C1(F)F)C(F)(F)F)c1ccccc1. The van der Waals surface area contributed by atoms with E-state index in [-0.39, 0.29) is 5.56 Å². The maximum Gasteiger partial charge on any atom is 0.446 e. The number of carbonyl (C=O) groups excluding carboxylic acids is 1. The standard InChI is InChI=1S/C15H10F12N2O/c1-7(8-5-3-2-4-6-8)28-9(30)10(16,13(21,22)23)29-14(24,25)11(17,18)12(19,20)15(29,26)27/h2-7H,1H3,(H,28,30)/t7-,10-/m0/s1. The molecule has 3 nitrogen and oxygen atoms in total. The van der Waals surface area contributed by atoms with Crippen molar-refractivity contribution in [2.24, 2.45) is 0 Å². The van der Waals surface area contributed by atoms with Gasteiger partial charge < -0.3 is 5.32 Å². The highest BCUT2D eigenvalue weighted by Gasteiger charge is 2.98. The first-order valence-electron chi connectivity index (χ1n) is 7.71. The molecule has 0 aliphatic carbocycles. The van der Waals surface area contributed by atoms with E-state index in [1.54, 1.807) is 0 Å². The maximum atomic E-state index is 14.7. The molecule has 15 heteroatoms. The van der Waals surface area contributed by atoms with Crippen LogP contribution in [0.4, 0.5) is 52.7 Å². The molecule has 2 rings (SSSR count). The molecule has 1 aliphatic heterocycles. The molecule has 0 aromatic heterocycles. The van der Waals surface area contributed by atoms with Crippen LogP contribution < -0.4 is 5.32 Å². The van der Waals surface area contributed by atoms with E-state index in [9.17, 15) is 57.5 Å². The maximum absolute atomic E-state index is 14.7. The minimum Gasteiger partial charge on any atom is -0.345 e. The van der Waals surface area contributed by atoms with Crippen molar-refractivity contribution in [2.45, 2.75) is 48.9 Å². The zero-order valence-corrected chi connectivity index (χ0v) is 14.4. The molecular formula is C15H10F12N2O. The molecule has 1 aromatic carbocycles. The fraction of sp³-hybridized carbons (Fsp3) is 0.533. The number of halogens is 12. The molecule has 0 radical (unpaired) electrons. The van der Waals surface area contributed by atoms with Crippen LogP contribution in [0.25, 0.3) is 0 Å². The number of hydrogen-bond acceptors (Lipinski definition) is 2. The molecular weight excluding hydrogens is 452 g/mol. The van der Waals surface area contributed by atoms with E-state index in [0.717, 1.165) is 24.4 Å². The lowest BCUT2D eigenvalue weighted by Crippen LogP contribution is -2.72. The molecule has 30 heavy (non-hydrogen) atoms. The Labute approximate surface area is 159 Å². The molecule has 1 aromatic rings. The van der Waals surface area contributed by atoms with Gasteiger partial charge in [0.1, 0.15) is 0 Å². The molecule has 0 bridgehead atoms. The molecule has 1 saturated heterocycles. The van der Waals surface area contributed by atoms with Gasteiger partial charge in [-0.15, -0.1) is 4.90 Å². The van der Waals surface area contributed by atoms with Crippen LogP contribution in [-0.4, -0.2) is 46.7 Å². The summed E-state index contributed by atoms with van der Waals surface area (Å²) in [5.74, 6) is -24.3. The molecule has 2 atom stereocenters. The Balaban J connectivity index is 2.63. The number of amides is 1. The van der Waals surface area contributed by atoms with Gasteiger partial charge in [0.05, 0.1) is 6.04 Å². The van der Waals surface area contributed by atoms with Crippen molar-refractivity contribution in [2.75, 3.05) is 0 Å². The quantitative estimate of drug-likeness (QED) is 0.512. The average molecular weight is 462 g/mol. The number of carbonyl (C=O) groups is 1. The van der Waals surface area contributed by atoms with Gasteiger partial charge in [0.25, 0.3) is 5.91 Å². The van der Waals surface area contributed by atoms with Crippen molar-refractivity contribution >= 4 is 5.91 Å². The summed E-state index contributed by atoms with van der Waals surface area (Å²) in [6.45, 7) is 0.869. The van der Waals surface area contributed by atoms with Crippen molar-refractivity contribution in [1.82, 2.24) is 10.2 Å². The van der Waals surface area contributed by atoms with E-state index < -0.39 is 52.8 Å². The van der Waals surface area contributed by atoms with Gasteiger partial charge in [0, 0.05) is 0 Å². The fourth-order valence-electron chi connectivity index (χ4n) is 2.70. The molecule has 1 heterocycles. The molecule has 170 valence electrons. The molecule has 1 N–H and O–H groups in total. The van der Waals surface area contributed by atoms with Gasteiger partial charge in [-0.1, -0.05) is 30.3 Å². The first-order valence-corrected chi connectivity index (χ1v) is 7.71. The Morgan fingerprint density at radius 2 is 1.27 bits per heavy atom. The van der Waals surface area contributed by atoms with Crippen LogP contribution in [0.2, 0.25) is 0 Å². The molecule has 0 saturated carbocycles. The lowest BCUT2D eigenvalue weighted by atomic mass is 10.1. The third-order valence-electron chi connectivity index (χ3n) is 4.34. The zero-order valence-electron chi connectivity index (χ0n) is 14.4. The van der Waals surface area contributed by atoms with Crippen molar-refractivity contribution in [3.8, 4) is 0 Å². The van der Waals surface area contributed by atoms with E-state index in [2.05, 4.69) is 0 Å². The second-order valence-corrected chi connectivity index (χ2v) is 6.29. The first-order chi connectivity index (χ1) is 13.3. The Bertz CT molecular complexity index is 784. The highest BCUT2D eigenvalue weighted by molar-refractivity contribution is 5.86. The third kappa shape index (κ3) is 2.92. The van der Waals surface area contributed by atoms with Gasteiger partial charge in [-0.3, -0.25) is 4.79 Å². The zero-order chi connectivity index (χ0) is 23.6. The van der Waals surface area contributed by atoms with Crippen LogP contribution in [0.5, 0.6) is 0 Å². The molecule has 1 fully saturated rings. The Hall–Kier alpha value is -2.19. The van der Waals surface area contributed by atoms with Crippen LogP contribution in [0.1, 0.15) is 18.5 Å². The number of alkyl halides is 12. The smallest absolute Gasteiger partial charge is 0.345 e. The highest BCUT2D eigenvalue weighted by atomic mass is 19.4. The van der Waals surface area contributed by atoms with Crippen LogP contribution in [0, 0.1) is 0 Å². The lowest BCUT2D eigenvalue weighted by Gasteiger charge is -2.40. The van der Waals surface area contributed by atoms with Crippen molar-refractivity contribution in [1.29, 1.82) is 0 Å². The summed E-state index contributed by atoms with van der Waals surface area (Å²) in [5.41, 5.74) is -0.0778. The lowest BCUT2D eigenvalue weighted by molar-refractivity contribution is -0.380. The van der Waals surface area contributed by atoms with Crippen LogP contribution >= 0.6 is 0 Å². The summed E-state index contributed by atoms with van der Waals surface area (Å²) >= 11 is 0. The molecule has 0 unspecified atom stereocenters. The van der Waals surface area contributed by atoms with E-state index in [4.69, 9.17) is 0 Å². The summed E-state index contributed by atoms with van der Waals surface area (Å²) in [6, 6.07) is -9.66. The number of benzene rings is 1. The molecule has 1 amide bonds. The topological polar surface area (TPSA) is 32.3 Å². The number of rotatable bonds is 4. The van der Waals surface area contributed by atoms with Crippen LogP contribution in [0.3, 0.4) is 0 Å². The minimum absolute atomic E-state index is 0.0778. The minimum atomic E-state index is -7.16. The van der Waals surface area contributed by atoms with Gasteiger partial charge in [0.15, 0.2) is 0 Å². The van der Waals surface area contributed by atoms with E-state index in [1.165, 1.54) is 18.2 Å². The van der Waals surface area contributed by atoms with Gasteiger partial charge in [-0.25, -0.2) is 4.39 Å². The van der Waals surface area contributed by atoms with Crippen molar-refractivity contribution < 1.29 is 57.5 Å². The van der Waals surface area contributed by atoms with E-state index >= 15 is 0 Å². The Morgan fingerprint density at radius 1 is 0.867 bits per heavy atom. The van der Waals surface area contributed by atoms with E-state index in [1.807, 2.05) is 0 Å². The van der Waals surface area contributed by atoms with Gasteiger partial charge in [-0.2, -0.15) is 48.3 Å². The number of nitrogens with zero attached hydrogens (tertiary/aromatic N) is 1. The number of nitrogens with one attached hydrogen (secondary N) is 1. The Kier molecular flexibility index (Phi) is 5.34. The van der Waals surface area contributed by atoms with Crippen LogP contribution in [0.15, 0.2) is 30.3 Å². The van der Waals surface area contributed by atoms with Gasteiger partial charge in [0.2, 0.25) is 0 Å². The average Bonchev–Trinajstić information content (AvgIpc) is 2.66. The number of hydrogen-bond donors (Lipinski definition) is 1. The highest BCUT2D eigenvalue weighted by Crippen LogP contribution is 2.66. The largest absolute Gasteiger partial charge is 0.446 e. The fourth-order valence-corrected chi connectivity index (χ4v) is 2.70. The summed E-state index contributed by atoms with van der Waals surface area (Å²) in [4.78, 5) is 8.46. The monoisotopic (exact) mass is 462 g/mol. The normalized spacial score (nSPS) is 25.4. The first kappa shape index (κ1) is 24.1. The van der Waals surface area contributed by atoms with Gasteiger partial charge in [-0.05, 0) is 12.5 Å². The Morgan fingerprint density at radius 3 is 1.63 bits per heavy atom. The third-order valence-corrected chi connectivity index (χ3v) is 4.34. The molecule has 0 spiro atoms. The molecule has 1 aliphatic rings. The summed E-state index contributed by atoms with van der Waals surface area (Å²) < 4.78 is 162. The predicted molar refractivity (Wildman–Crippen MR) is 74.5 cm³/mol. The van der Waals surface area contributed by atoms with Crippen molar-refractivity contribution in [3.63, 3.8) is 0 Å².